The quantitative estimate of drug-likeness (QED) is 0.733. The molecule has 0 saturated heterocycles. The molecular formula is C16H15ClFN5. The second-order valence-electron chi connectivity index (χ2n) is 5.77. The van der Waals surface area contributed by atoms with Crippen molar-refractivity contribution in [3.63, 3.8) is 0 Å². The molecule has 0 radical (unpaired) electrons. The summed E-state index contributed by atoms with van der Waals surface area (Å²) in [7, 11) is 0. The average Bonchev–Trinajstić information content (AvgIpc) is 3.15. The molecule has 0 aliphatic heterocycles. The van der Waals surface area contributed by atoms with Gasteiger partial charge in [0.15, 0.2) is 5.82 Å². The molecule has 0 amide bonds. The third-order valence-corrected chi connectivity index (χ3v) is 4.36. The van der Waals surface area contributed by atoms with Crippen molar-refractivity contribution < 1.29 is 4.39 Å². The zero-order valence-electron chi connectivity index (χ0n) is 12.6. The molecule has 4 rings (SSSR count). The lowest BCUT2D eigenvalue weighted by atomic mass is 10.1. The fourth-order valence-corrected chi connectivity index (χ4v) is 3.00. The molecule has 0 unspecified atom stereocenters. The zero-order chi connectivity index (χ0) is 16.0. The van der Waals surface area contributed by atoms with Gasteiger partial charge >= 0.3 is 0 Å². The Kier molecular flexibility index (Phi) is 3.41. The molecule has 1 aliphatic carbocycles. The van der Waals surface area contributed by atoms with Crippen LogP contribution in [0.1, 0.15) is 30.5 Å². The van der Waals surface area contributed by atoms with Crippen molar-refractivity contribution in [3.8, 4) is 11.3 Å². The first-order chi connectivity index (χ1) is 11.1. The Morgan fingerprint density at radius 3 is 2.83 bits per heavy atom. The predicted octanol–water partition coefficient (Wildman–Crippen LogP) is 3.63. The Bertz CT molecular complexity index is 865. The maximum atomic E-state index is 13.4. The van der Waals surface area contributed by atoms with Crippen LogP contribution in [0.5, 0.6) is 0 Å². The normalized spacial score (nSPS) is 14.4. The highest BCUT2D eigenvalue weighted by Crippen LogP contribution is 2.36. The number of halogens is 2. The number of hydrogen-bond donors (Lipinski definition) is 0. The molecule has 0 atom stereocenters. The van der Waals surface area contributed by atoms with E-state index in [1.807, 2.05) is 17.7 Å². The first kappa shape index (κ1) is 14.4. The summed E-state index contributed by atoms with van der Waals surface area (Å²) < 4.78 is 17.4. The molecule has 0 spiro atoms. The second-order valence-corrected chi connectivity index (χ2v) is 6.17. The summed E-state index contributed by atoms with van der Waals surface area (Å²) >= 11 is 5.89. The molecule has 1 aromatic carbocycles. The molecule has 2 aromatic heterocycles. The van der Waals surface area contributed by atoms with Crippen LogP contribution in [0.2, 0.25) is 5.02 Å². The molecule has 3 aromatic rings. The van der Waals surface area contributed by atoms with E-state index in [9.17, 15) is 4.39 Å². The molecule has 118 valence electrons. The smallest absolute Gasteiger partial charge is 0.155 e. The second kappa shape index (κ2) is 5.45. The van der Waals surface area contributed by atoms with Gasteiger partial charge in [0.1, 0.15) is 18.2 Å². The molecule has 7 heteroatoms. The zero-order valence-corrected chi connectivity index (χ0v) is 13.3. The third kappa shape index (κ3) is 2.63. The number of aryl methyl sites for hydroxylation is 1. The molecule has 0 bridgehead atoms. The van der Waals surface area contributed by atoms with E-state index < -0.39 is 5.82 Å². The van der Waals surface area contributed by atoms with E-state index in [0.717, 1.165) is 22.9 Å². The van der Waals surface area contributed by atoms with Crippen molar-refractivity contribution in [1.29, 1.82) is 0 Å². The summed E-state index contributed by atoms with van der Waals surface area (Å²) in [6.45, 7) is 2.49. The van der Waals surface area contributed by atoms with E-state index in [0.29, 0.717) is 12.6 Å². The summed E-state index contributed by atoms with van der Waals surface area (Å²) in [5.74, 6) is 1.40. The summed E-state index contributed by atoms with van der Waals surface area (Å²) in [5, 5.41) is 12.9. The topological polar surface area (TPSA) is 48.5 Å². The summed E-state index contributed by atoms with van der Waals surface area (Å²) in [4.78, 5) is 0. The van der Waals surface area contributed by atoms with E-state index >= 15 is 0 Å². The maximum absolute atomic E-state index is 13.4. The summed E-state index contributed by atoms with van der Waals surface area (Å²) in [6.07, 6.45) is 4.06. The van der Waals surface area contributed by atoms with Gasteiger partial charge in [0.2, 0.25) is 0 Å². The van der Waals surface area contributed by atoms with Crippen LogP contribution >= 0.6 is 11.6 Å². The van der Waals surface area contributed by atoms with Crippen LogP contribution in [0, 0.1) is 12.7 Å². The van der Waals surface area contributed by atoms with Crippen molar-refractivity contribution >= 4 is 11.6 Å². The SMILES string of the molecule is Cc1nnc(Cn2nccc2-c2ccc(F)c(Cl)c2)n1C1CC1. The molecule has 1 aliphatic rings. The van der Waals surface area contributed by atoms with Crippen molar-refractivity contribution in [2.45, 2.75) is 32.4 Å². The Balaban J connectivity index is 1.69. The fraction of sp³-hybridized carbons (Fsp3) is 0.312. The number of aromatic nitrogens is 5. The molecular weight excluding hydrogens is 317 g/mol. The van der Waals surface area contributed by atoms with Crippen molar-refractivity contribution in [3.05, 3.63) is 53.0 Å². The Morgan fingerprint density at radius 2 is 2.09 bits per heavy atom. The lowest BCUT2D eigenvalue weighted by Gasteiger charge is -2.10. The number of benzene rings is 1. The standard InChI is InChI=1S/C16H15ClFN5/c1-10-20-21-16(23(10)12-3-4-12)9-22-15(6-7-19-22)11-2-5-14(18)13(17)8-11/h2,5-8,12H,3-4,9H2,1H3. The Morgan fingerprint density at radius 1 is 1.26 bits per heavy atom. The number of rotatable bonds is 4. The van der Waals surface area contributed by atoms with Gasteiger partial charge in [0.05, 0.1) is 10.7 Å². The largest absolute Gasteiger partial charge is 0.311 e. The van der Waals surface area contributed by atoms with Crippen LogP contribution in [0.15, 0.2) is 30.5 Å². The third-order valence-electron chi connectivity index (χ3n) is 4.07. The van der Waals surface area contributed by atoms with Crippen molar-refractivity contribution in [1.82, 2.24) is 24.5 Å². The molecule has 23 heavy (non-hydrogen) atoms. The molecule has 1 fully saturated rings. The van der Waals surface area contributed by atoms with Crippen molar-refractivity contribution in [2.75, 3.05) is 0 Å². The van der Waals surface area contributed by atoms with E-state index in [2.05, 4.69) is 19.9 Å². The van der Waals surface area contributed by atoms with E-state index in [-0.39, 0.29) is 5.02 Å². The maximum Gasteiger partial charge on any atom is 0.155 e. The van der Waals surface area contributed by atoms with Gasteiger partial charge in [-0.25, -0.2) is 4.39 Å². The predicted molar refractivity (Wildman–Crippen MR) is 84.8 cm³/mol. The fourth-order valence-electron chi connectivity index (χ4n) is 2.82. The van der Waals surface area contributed by atoms with Gasteiger partial charge in [-0.2, -0.15) is 5.10 Å². The lowest BCUT2D eigenvalue weighted by Crippen LogP contribution is -2.11. The monoisotopic (exact) mass is 331 g/mol. The van der Waals surface area contributed by atoms with Crippen molar-refractivity contribution in [2.24, 2.45) is 0 Å². The van der Waals surface area contributed by atoms with E-state index in [1.54, 1.807) is 18.3 Å². The highest BCUT2D eigenvalue weighted by Gasteiger charge is 2.28. The van der Waals surface area contributed by atoms with Crippen LogP contribution in [0.25, 0.3) is 11.3 Å². The van der Waals surface area contributed by atoms with Gasteiger partial charge in [0.25, 0.3) is 0 Å². The Hall–Kier alpha value is -2.21. The van der Waals surface area contributed by atoms with Crippen LogP contribution in [-0.2, 0) is 6.54 Å². The average molecular weight is 332 g/mol. The Labute approximate surface area is 137 Å². The van der Waals surface area contributed by atoms with Gasteiger partial charge < -0.3 is 4.57 Å². The number of hydrogen-bond acceptors (Lipinski definition) is 3. The minimum atomic E-state index is -0.425. The molecule has 5 nitrogen and oxygen atoms in total. The highest BCUT2D eigenvalue weighted by atomic mass is 35.5. The summed E-state index contributed by atoms with van der Waals surface area (Å²) in [6, 6.07) is 7.08. The van der Waals surface area contributed by atoms with Crippen LogP contribution in [0.3, 0.4) is 0 Å². The lowest BCUT2D eigenvalue weighted by molar-refractivity contribution is 0.596. The van der Waals surface area contributed by atoms with E-state index in [1.165, 1.54) is 18.9 Å². The van der Waals surface area contributed by atoms with Crippen LogP contribution < -0.4 is 0 Å². The van der Waals surface area contributed by atoms with Gasteiger partial charge in [-0.15, -0.1) is 10.2 Å². The van der Waals surface area contributed by atoms with Crippen LogP contribution in [-0.4, -0.2) is 24.5 Å². The number of nitrogens with zero attached hydrogens (tertiary/aromatic N) is 5. The first-order valence-corrected chi connectivity index (χ1v) is 7.89. The van der Waals surface area contributed by atoms with E-state index in [4.69, 9.17) is 11.6 Å². The van der Waals surface area contributed by atoms with Crippen LogP contribution in [0.4, 0.5) is 4.39 Å². The van der Waals surface area contributed by atoms with Gasteiger partial charge in [-0.3, -0.25) is 4.68 Å². The summed E-state index contributed by atoms with van der Waals surface area (Å²) in [5.41, 5.74) is 1.69. The molecule has 1 saturated carbocycles. The van der Waals surface area contributed by atoms with Gasteiger partial charge in [-0.1, -0.05) is 11.6 Å². The van der Waals surface area contributed by atoms with Gasteiger partial charge in [-0.05, 0) is 44.0 Å². The highest BCUT2D eigenvalue weighted by molar-refractivity contribution is 6.31. The minimum Gasteiger partial charge on any atom is -0.311 e. The molecule has 0 N–H and O–H groups in total. The minimum absolute atomic E-state index is 0.104. The molecule has 2 heterocycles. The first-order valence-electron chi connectivity index (χ1n) is 7.51. The van der Waals surface area contributed by atoms with Gasteiger partial charge in [0, 0.05) is 17.8 Å².